The normalized spacial score (nSPS) is 24.7. The van der Waals surface area contributed by atoms with Gasteiger partial charge in [0.25, 0.3) is 5.56 Å². The molecule has 1 N–H and O–H groups in total. The van der Waals surface area contributed by atoms with Crippen LogP contribution in [0.3, 0.4) is 0 Å². The first-order chi connectivity index (χ1) is 17.8. The number of nitrogens with one attached hydrogen (secondary N) is 1. The summed E-state index contributed by atoms with van der Waals surface area (Å²) in [7, 11) is 0. The summed E-state index contributed by atoms with van der Waals surface area (Å²) in [5, 5.41) is 5.93. The van der Waals surface area contributed by atoms with Gasteiger partial charge >= 0.3 is 12.4 Å². The molecule has 3 aliphatic rings. The van der Waals surface area contributed by atoms with Crippen LogP contribution < -0.4 is 10.5 Å². The molecule has 5 rings (SSSR count). The number of H-pyrrole nitrogens is 1. The smallest absolute Gasteiger partial charge is 0.339 e. The van der Waals surface area contributed by atoms with E-state index in [9.17, 15) is 35.9 Å². The van der Waals surface area contributed by atoms with Crippen molar-refractivity contribution in [2.24, 2.45) is 5.41 Å². The summed E-state index contributed by atoms with van der Waals surface area (Å²) in [6.07, 6.45) is -6.87. The van der Waals surface area contributed by atoms with Crippen LogP contribution >= 0.6 is 0 Å². The molecule has 9 nitrogen and oxygen atoms in total. The van der Waals surface area contributed by atoms with Crippen LogP contribution in [0.4, 0.5) is 32.3 Å². The van der Waals surface area contributed by atoms with Gasteiger partial charge in [0.2, 0.25) is 11.9 Å². The van der Waals surface area contributed by atoms with Crippen molar-refractivity contribution >= 4 is 11.9 Å². The minimum atomic E-state index is -4.78. The monoisotopic (exact) mass is 545 g/mol. The number of halogens is 6. The fourth-order valence-electron chi connectivity index (χ4n) is 5.66. The average Bonchev–Trinajstić information content (AvgIpc) is 3.46. The Balaban J connectivity index is 1.23. The van der Waals surface area contributed by atoms with Crippen LogP contribution in [-0.2, 0) is 23.6 Å². The van der Waals surface area contributed by atoms with Crippen molar-refractivity contribution in [3.05, 3.63) is 45.1 Å². The van der Waals surface area contributed by atoms with Crippen LogP contribution in [0.15, 0.2) is 17.2 Å². The molecule has 2 saturated heterocycles. The molecule has 0 aromatic carbocycles. The van der Waals surface area contributed by atoms with Crippen LogP contribution in [0, 0.1) is 5.41 Å². The molecular formula is C23H25F6N7O2. The van der Waals surface area contributed by atoms with Gasteiger partial charge in [-0.25, -0.2) is 15.1 Å². The van der Waals surface area contributed by atoms with Crippen LogP contribution in [-0.4, -0.2) is 75.1 Å². The lowest BCUT2D eigenvalue weighted by Crippen LogP contribution is -2.53. The number of carbonyl (C=O) groups is 1. The lowest BCUT2D eigenvalue weighted by molar-refractivity contribution is -0.141. The number of piperazine rings is 1. The lowest BCUT2D eigenvalue weighted by Gasteiger charge is -2.38. The van der Waals surface area contributed by atoms with Crippen molar-refractivity contribution < 1.29 is 31.1 Å². The molecule has 2 unspecified atom stereocenters. The lowest BCUT2D eigenvalue weighted by atomic mass is 9.87. The summed E-state index contributed by atoms with van der Waals surface area (Å²) >= 11 is 0. The number of nitrogens with zero attached hydrogens (tertiary/aromatic N) is 6. The number of hydrogen-bond donors (Lipinski definition) is 1. The third-order valence-corrected chi connectivity index (χ3v) is 7.66. The number of carbonyl (C=O) groups excluding carboxylic acids is 1. The van der Waals surface area contributed by atoms with E-state index in [0.717, 1.165) is 12.4 Å². The van der Waals surface area contributed by atoms with Gasteiger partial charge in [-0.05, 0) is 38.3 Å². The molecule has 1 aliphatic carbocycles. The highest BCUT2D eigenvalue weighted by atomic mass is 19.4. The first kappa shape index (κ1) is 26.4. The predicted molar refractivity (Wildman–Crippen MR) is 121 cm³/mol. The number of aromatic amines is 1. The van der Waals surface area contributed by atoms with Crippen molar-refractivity contribution in [3.63, 3.8) is 0 Å². The number of alkyl halides is 6. The van der Waals surface area contributed by atoms with E-state index in [1.165, 1.54) is 0 Å². The molecule has 2 fully saturated rings. The molecular weight excluding hydrogens is 520 g/mol. The van der Waals surface area contributed by atoms with Crippen molar-refractivity contribution in [2.45, 2.75) is 44.6 Å². The second kappa shape index (κ2) is 9.20. The Morgan fingerprint density at radius 3 is 2.29 bits per heavy atom. The van der Waals surface area contributed by atoms with E-state index >= 15 is 0 Å². The Morgan fingerprint density at radius 1 is 1.03 bits per heavy atom. The second-order valence-corrected chi connectivity index (χ2v) is 10.2. The molecule has 0 bridgehead atoms. The Bertz CT molecular complexity index is 1270. The van der Waals surface area contributed by atoms with Crippen molar-refractivity contribution in [2.75, 3.05) is 44.2 Å². The quantitative estimate of drug-likeness (QED) is 0.593. The van der Waals surface area contributed by atoms with Gasteiger partial charge in [0.15, 0.2) is 0 Å². The number of aromatic nitrogens is 4. The molecule has 38 heavy (non-hydrogen) atoms. The van der Waals surface area contributed by atoms with Crippen LogP contribution in [0.25, 0.3) is 0 Å². The van der Waals surface area contributed by atoms with Gasteiger partial charge in [-0.15, -0.1) is 0 Å². The number of hydrogen-bond acceptors (Lipinski definition) is 7. The van der Waals surface area contributed by atoms with Gasteiger partial charge in [0, 0.05) is 45.1 Å². The van der Waals surface area contributed by atoms with E-state index < -0.39 is 40.5 Å². The van der Waals surface area contributed by atoms with E-state index in [-0.39, 0.29) is 29.5 Å². The zero-order valence-corrected chi connectivity index (χ0v) is 20.4. The molecule has 2 aliphatic heterocycles. The van der Waals surface area contributed by atoms with Crippen molar-refractivity contribution in [3.8, 4) is 0 Å². The second-order valence-electron chi connectivity index (χ2n) is 10.2. The maximum Gasteiger partial charge on any atom is 0.422 e. The molecule has 15 heteroatoms. The minimum absolute atomic E-state index is 0.0761. The summed E-state index contributed by atoms with van der Waals surface area (Å²) in [6.45, 7) is 4.03. The largest absolute Gasteiger partial charge is 0.422 e. The maximum absolute atomic E-state index is 13.5. The Labute approximate surface area is 212 Å². The van der Waals surface area contributed by atoms with Crippen LogP contribution in [0.2, 0.25) is 0 Å². The zero-order valence-electron chi connectivity index (χ0n) is 20.4. The van der Waals surface area contributed by atoms with Gasteiger partial charge < -0.3 is 9.80 Å². The molecule has 0 saturated carbocycles. The number of fused-ring (bicyclic) bond motifs is 1. The molecule has 2 atom stereocenters. The van der Waals surface area contributed by atoms with Crippen molar-refractivity contribution in [1.82, 2.24) is 30.0 Å². The minimum Gasteiger partial charge on any atom is -0.339 e. The number of likely N-dealkylation sites (tertiary alicyclic amines) is 1. The summed E-state index contributed by atoms with van der Waals surface area (Å²) in [6, 6.07) is -0.425. The number of rotatable bonds is 3. The van der Waals surface area contributed by atoms with Crippen molar-refractivity contribution in [1.29, 1.82) is 0 Å². The summed E-state index contributed by atoms with van der Waals surface area (Å²) in [5.41, 5.74) is -4.01. The average molecular weight is 545 g/mol. The highest BCUT2D eigenvalue weighted by molar-refractivity contribution is 5.83. The van der Waals surface area contributed by atoms with E-state index in [0.29, 0.717) is 52.1 Å². The molecule has 2 aromatic heterocycles. The molecule has 0 radical (unpaired) electrons. The Kier molecular flexibility index (Phi) is 6.39. The number of amides is 1. The fraction of sp³-hybridized carbons (Fsp3) is 0.609. The third kappa shape index (κ3) is 4.71. The standard InChI is InChI=1S/C23H25F6N7O2/c1-21(19(38)34-6-8-35(9-7-34)20-30-10-13(11-31-20)22(24,25)26)4-5-36(12-21)15-3-2-14-16(23(27,28)29)18(37)33-32-17(14)15/h10-11,15H,2-9,12H2,1H3,(H,33,37). The van der Waals surface area contributed by atoms with Gasteiger partial charge in [-0.3, -0.25) is 14.5 Å². The van der Waals surface area contributed by atoms with Gasteiger partial charge in [0.1, 0.15) is 5.56 Å². The first-order valence-electron chi connectivity index (χ1n) is 12.1. The highest BCUT2D eigenvalue weighted by Gasteiger charge is 2.48. The molecule has 206 valence electrons. The molecule has 2 aromatic rings. The van der Waals surface area contributed by atoms with E-state index in [2.05, 4.69) is 15.1 Å². The zero-order chi connectivity index (χ0) is 27.5. The van der Waals surface area contributed by atoms with Gasteiger partial charge in [-0.2, -0.15) is 31.4 Å². The Hall–Kier alpha value is -3.23. The number of anilines is 1. The summed E-state index contributed by atoms with van der Waals surface area (Å²) < 4.78 is 78.7. The summed E-state index contributed by atoms with van der Waals surface area (Å²) in [4.78, 5) is 38.3. The predicted octanol–water partition coefficient (Wildman–Crippen LogP) is 2.65. The highest BCUT2D eigenvalue weighted by Crippen LogP contribution is 2.44. The maximum atomic E-state index is 13.5. The van der Waals surface area contributed by atoms with Gasteiger partial charge in [-0.1, -0.05) is 0 Å². The topological polar surface area (TPSA) is 98.3 Å². The molecule has 0 spiro atoms. The fourth-order valence-corrected chi connectivity index (χ4v) is 5.66. The first-order valence-corrected chi connectivity index (χ1v) is 12.1. The van der Waals surface area contributed by atoms with E-state index in [4.69, 9.17) is 0 Å². The van der Waals surface area contributed by atoms with Gasteiger partial charge in [0.05, 0.1) is 22.7 Å². The Morgan fingerprint density at radius 2 is 1.68 bits per heavy atom. The van der Waals surface area contributed by atoms with E-state index in [1.807, 2.05) is 16.9 Å². The molecule has 4 heterocycles. The van der Waals surface area contributed by atoms with E-state index in [1.54, 1.807) is 9.80 Å². The van der Waals surface area contributed by atoms with Crippen LogP contribution in [0.5, 0.6) is 0 Å². The van der Waals surface area contributed by atoms with Crippen LogP contribution in [0.1, 0.15) is 48.2 Å². The molecule has 1 amide bonds. The summed E-state index contributed by atoms with van der Waals surface area (Å²) in [5.74, 6) is 0.0728. The third-order valence-electron chi connectivity index (χ3n) is 7.66. The SMILES string of the molecule is CC1(C(=O)N2CCN(c3ncc(C(F)(F)F)cn3)CC2)CCN(C2CCc3c2n[nH]c(=O)c3C(F)(F)F)C1.